The van der Waals surface area contributed by atoms with Crippen molar-refractivity contribution in [3.8, 4) is 0 Å². The number of carbonyl (C=O) groups is 2. The van der Waals surface area contributed by atoms with Crippen LogP contribution in [-0.4, -0.2) is 44.3 Å². The molecule has 0 aromatic heterocycles. The fourth-order valence-corrected chi connectivity index (χ4v) is 5.83. The molecular weight excluding hydrogens is 440 g/mol. The van der Waals surface area contributed by atoms with Crippen LogP contribution in [0.15, 0.2) is 47.4 Å². The Bertz CT molecular complexity index is 1110. The van der Waals surface area contributed by atoms with E-state index < -0.39 is 27.9 Å². The Morgan fingerprint density at radius 3 is 2.45 bits per heavy atom. The third-order valence-electron chi connectivity index (χ3n) is 6.19. The van der Waals surface area contributed by atoms with Gasteiger partial charge in [-0.2, -0.15) is 4.31 Å². The lowest BCUT2D eigenvalue weighted by molar-refractivity contribution is -0.141. The maximum absolute atomic E-state index is 13.3. The van der Waals surface area contributed by atoms with Gasteiger partial charge in [-0.1, -0.05) is 42.3 Å². The third-order valence-corrected chi connectivity index (χ3v) is 8.20. The lowest BCUT2D eigenvalue weighted by Gasteiger charge is -2.32. The summed E-state index contributed by atoms with van der Waals surface area (Å²) in [5.41, 5.74) is 2.74. The highest BCUT2D eigenvalue weighted by atomic mass is 32.2. The molecule has 2 aromatic rings. The zero-order valence-electron chi connectivity index (χ0n) is 19.6. The molecule has 1 N–H and O–H groups in total. The highest BCUT2D eigenvalue weighted by Crippen LogP contribution is 2.27. The van der Waals surface area contributed by atoms with Gasteiger partial charge >= 0.3 is 5.97 Å². The number of benzene rings is 2. The molecule has 0 saturated carbocycles. The van der Waals surface area contributed by atoms with E-state index >= 15 is 0 Å². The first-order valence-electron chi connectivity index (χ1n) is 11.2. The molecule has 2 unspecified atom stereocenters. The molecule has 33 heavy (non-hydrogen) atoms. The number of esters is 1. The van der Waals surface area contributed by atoms with Crippen molar-refractivity contribution < 1.29 is 22.7 Å². The van der Waals surface area contributed by atoms with E-state index in [1.54, 1.807) is 19.1 Å². The maximum Gasteiger partial charge on any atom is 0.307 e. The number of piperidine rings is 1. The molecule has 1 aliphatic heterocycles. The number of sulfonamides is 1. The fraction of sp³-hybridized carbons (Fsp3) is 0.440. The predicted octanol–water partition coefficient (Wildman–Crippen LogP) is 3.90. The number of ether oxygens (including phenoxy) is 1. The Balaban J connectivity index is 1.90. The number of nitrogens with one attached hydrogen (secondary N) is 1. The van der Waals surface area contributed by atoms with E-state index in [-0.39, 0.29) is 22.9 Å². The molecule has 3 rings (SSSR count). The lowest BCUT2D eigenvalue weighted by atomic mass is 10.0. The first kappa shape index (κ1) is 24.9. The minimum absolute atomic E-state index is 0.0341. The van der Waals surface area contributed by atoms with Gasteiger partial charge in [0.2, 0.25) is 10.0 Å². The van der Waals surface area contributed by atoms with Gasteiger partial charge in [-0.05, 0) is 56.9 Å². The van der Waals surface area contributed by atoms with Crippen LogP contribution in [0.1, 0.15) is 65.7 Å². The molecule has 1 aliphatic rings. The van der Waals surface area contributed by atoms with Crippen LogP contribution in [0.5, 0.6) is 0 Å². The Hall–Kier alpha value is -2.71. The van der Waals surface area contributed by atoms with Gasteiger partial charge in [0, 0.05) is 18.2 Å². The summed E-state index contributed by atoms with van der Waals surface area (Å²) in [6, 6.07) is 11.5. The van der Waals surface area contributed by atoms with Gasteiger partial charge < -0.3 is 10.1 Å². The van der Waals surface area contributed by atoms with Crippen LogP contribution in [0.25, 0.3) is 0 Å². The van der Waals surface area contributed by atoms with Crippen LogP contribution in [0, 0.1) is 13.8 Å². The molecule has 1 saturated heterocycles. The summed E-state index contributed by atoms with van der Waals surface area (Å²) < 4.78 is 32.9. The fourth-order valence-electron chi connectivity index (χ4n) is 4.11. The summed E-state index contributed by atoms with van der Waals surface area (Å²) in [6.45, 7) is 6.11. The maximum atomic E-state index is 13.3. The summed E-state index contributed by atoms with van der Waals surface area (Å²) in [5.74, 6) is -0.890. The Labute approximate surface area is 196 Å². The van der Waals surface area contributed by atoms with Crippen molar-refractivity contribution >= 4 is 21.9 Å². The van der Waals surface area contributed by atoms with Gasteiger partial charge in [-0.25, -0.2) is 8.42 Å². The molecule has 178 valence electrons. The van der Waals surface area contributed by atoms with Crippen LogP contribution < -0.4 is 5.32 Å². The van der Waals surface area contributed by atoms with E-state index in [1.165, 1.54) is 17.5 Å². The summed E-state index contributed by atoms with van der Waals surface area (Å²) in [4.78, 5) is 25.3. The van der Waals surface area contributed by atoms with Crippen molar-refractivity contribution in [1.29, 1.82) is 0 Å². The average Bonchev–Trinajstić information content (AvgIpc) is 2.79. The number of amides is 1. The average molecular weight is 473 g/mol. The second-order valence-electron chi connectivity index (χ2n) is 8.65. The number of rotatable bonds is 7. The zero-order chi connectivity index (χ0) is 24.2. The van der Waals surface area contributed by atoms with Gasteiger partial charge in [0.05, 0.1) is 24.5 Å². The van der Waals surface area contributed by atoms with E-state index in [1.807, 2.05) is 38.1 Å². The molecule has 1 fully saturated rings. The molecule has 0 aliphatic carbocycles. The van der Waals surface area contributed by atoms with E-state index in [4.69, 9.17) is 4.74 Å². The number of hydrogen-bond acceptors (Lipinski definition) is 5. The summed E-state index contributed by atoms with van der Waals surface area (Å²) in [6.07, 6.45) is 2.63. The molecule has 0 spiro atoms. The van der Waals surface area contributed by atoms with Crippen molar-refractivity contribution in [3.63, 3.8) is 0 Å². The molecule has 0 radical (unpaired) electrons. The summed E-state index contributed by atoms with van der Waals surface area (Å²) in [7, 11) is -2.41. The highest BCUT2D eigenvalue weighted by molar-refractivity contribution is 7.89. The van der Waals surface area contributed by atoms with Gasteiger partial charge in [-0.15, -0.1) is 0 Å². The van der Waals surface area contributed by atoms with Gasteiger partial charge in [0.1, 0.15) is 0 Å². The standard InChI is InChI=1S/C25H32N2O5S/c1-17-8-11-20(12-9-17)23(16-24(28)32-4)26-25(29)22-15-21(13-10-18(22)2)33(30,31)27-14-6-5-7-19(27)3/h8-13,15,19,23H,5-7,14,16H2,1-4H3,(H,26,29). The topological polar surface area (TPSA) is 92.8 Å². The van der Waals surface area contributed by atoms with Crippen LogP contribution in [0.3, 0.4) is 0 Å². The van der Waals surface area contributed by atoms with E-state index in [0.29, 0.717) is 12.1 Å². The van der Waals surface area contributed by atoms with Crippen LogP contribution >= 0.6 is 0 Å². The molecule has 2 atom stereocenters. The second kappa shape index (κ2) is 10.5. The second-order valence-corrected chi connectivity index (χ2v) is 10.5. The van der Waals surface area contributed by atoms with Crippen molar-refractivity contribution in [2.75, 3.05) is 13.7 Å². The molecule has 2 aromatic carbocycles. The Morgan fingerprint density at radius 1 is 1.12 bits per heavy atom. The van der Waals surface area contributed by atoms with Crippen LogP contribution in [-0.2, 0) is 19.6 Å². The first-order chi connectivity index (χ1) is 15.6. The molecule has 8 heteroatoms. The van der Waals surface area contributed by atoms with Crippen molar-refractivity contribution in [1.82, 2.24) is 9.62 Å². The Kier molecular flexibility index (Phi) is 7.92. The zero-order valence-corrected chi connectivity index (χ0v) is 20.4. The quantitative estimate of drug-likeness (QED) is 0.617. The largest absolute Gasteiger partial charge is 0.469 e. The number of methoxy groups -OCH3 is 1. The van der Waals surface area contributed by atoms with E-state index in [0.717, 1.165) is 30.4 Å². The number of aryl methyl sites for hydroxylation is 2. The Morgan fingerprint density at radius 2 is 1.82 bits per heavy atom. The number of nitrogens with zero attached hydrogens (tertiary/aromatic N) is 1. The number of carbonyl (C=O) groups excluding carboxylic acids is 2. The molecule has 0 bridgehead atoms. The normalized spacial score (nSPS) is 17.9. The van der Waals surface area contributed by atoms with Crippen molar-refractivity contribution in [2.45, 2.75) is 63.4 Å². The monoisotopic (exact) mass is 472 g/mol. The van der Waals surface area contributed by atoms with Crippen LogP contribution in [0.4, 0.5) is 0 Å². The molecule has 7 nitrogen and oxygen atoms in total. The SMILES string of the molecule is COC(=O)CC(NC(=O)c1cc(S(=O)(=O)N2CCCCC2C)ccc1C)c1ccc(C)cc1. The summed E-state index contributed by atoms with van der Waals surface area (Å²) >= 11 is 0. The molecule has 1 heterocycles. The third kappa shape index (κ3) is 5.81. The smallest absolute Gasteiger partial charge is 0.307 e. The van der Waals surface area contributed by atoms with Gasteiger partial charge in [-0.3, -0.25) is 9.59 Å². The van der Waals surface area contributed by atoms with Crippen LogP contribution in [0.2, 0.25) is 0 Å². The predicted molar refractivity (Wildman–Crippen MR) is 126 cm³/mol. The van der Waals surface area contributed by atoms with E-state index in [9.17, 15) is 18.0 Å². The minimum atomic E-state index is -3.71. The summed E-state index contributed by atoms with van der Waals surface area (Å²) in [5, 5.41) is 2.89. The molecular formula is C25H32N2O5S. The number of hydrogen-bond donors (Lipinski definition) is 1. The lowest BCUT2D eigenvalue weighted by Crippen LogP contribution is -2.42. The van der Waals surface area contributed by atoms with Crippen molar-refractivity contribution in [2.24, 2.45) is 0 Å². The van der Waals surface area contributed by atoms with Gasteiger partial charge in [0.25, 0.3) is 5.91 Å². The highest BCUT2D eigenvalue weighted by Gasteiger charge is 2.32. The molecule has 1 amide bonds. The minimum Gasteiger partial charge on any atom is -0.469 e. The van der Waals surface area contributed by atoms with E-state index in [2.05, 4.69) is 5.32 Å². The first-order valence-corrected chi connectivity index (χ1v) is 12.6. The van der Waals surface area contributed by atoms with Crippen molar-refractivity contribution in [3.05, 3.63) is 64.7 Å². The van der Waals surface area contributed by atoms with Gasteiger partial charge in [0.15, 0.2) is 0 Å².